The minimum atomic E-state index is -4.45. The van der Waals surface area contributed by atoms with Gasteiger partial charge in [-0.15, -0.1) is 0 Å². The van der Waals surface area contributed by atoms with Crippen LogP contribution in [0.5, 0.6) is 0 Å². The van der Waals surface area contributed by atoms with Gasteiger partial charge in [0.05, 0.1) is 6.10 Å². The summed E-state index contributed by atoms with van der Waals surface area (Å²) in [4.78, 5) is 8.99. The Labute approximate surface area is 96.1 Å². The SMILES string of the molecule is OC1CCN(c2nccc(C(F)(F)F)n2)CC1. The summed E-state index contributed by atoms with van der Waals surface area (Å²) in [7, 11) is 0. The Morgan fingerprint density at radius 3 is 2.53 bits per heavy atom. The molecule has 0 unspecified atom stereocenters. The van der Waals surface area contributed by atoms with Crippen LogP contribution in [0, 0.1) is 0 Å². The van der Waals surface area contributed by atoms with Crippen molar-refractivity contribution in [2.24, 2.45) is 0 Å². The highest BCUT2D eigenvalue weighted by Crippen LogP contribution is 2.28. The molecule has 0 saturated carbocycles. The molecule has 1 aromatic rings. The monoisotopic (exact) mass is 247 g/mol. The average molecular weight is 247 g/mol. The second kappa shape index (κ2) is 4.48. The van der Waals surface area contributed by atoms with Gasteiger partial charge in [0.15, 0.2) is 0 Å². The maximum absolute atomic E-state index is 12.4. The molecule has 1 aromatic heterocycles. The summed E-state index contributed by atoms with van der Waals surface area (Å²) in [5.41, 5.74) is -0.936. The number of piperidine rings is 1. The van der Waals surface area contributed by atoms with Crippen LogP contribution in [0.3, 0.4) is 0 Å². The average Bonchev–Trinajstić information content (AvgIpc) is 2.29. The zero-order chi connectivity index (χ0) is 12.5. The van der Waals surface area contributed by atoms with E-state index in [2.05, 4.69) is 9.97 Å². The molecule has 0 spiro atoms. The van der Waals surface area contributed by atoms with Crippen LogP contribution in [0.1, 0.15) is 18.5 Å². The number of aromatic nitrogens is 2. The third kappa shape index (κ3) is 2.85. The molecule has 0 atom stereocenters. The van der Waals surface area contributed by atoms with Crippen LogP contribution in [-0.4, -0.2) is 34.3 Å². The van der Waals surface area contributed by atoms with E-state index in [-0.39, 0.29) is 12.1 Å². The Balaban J connectivity index is 2.16. The predicted octanol–water partition coefficient (Wildman–Crippen LogP) is 1.46. The lowest BCUT2D eigenvalue weighted by atomic mass is 10.1. The van der Waals surface area contributed by atoms with E-state index in [1.54, 1.807) is 4.90 Å². The lowest BCUT2D eigenvalue weighted by molar-refractivity contribution is -0.141. The molecule has 1 fully saturated rings. The number of aliphatic hydroxyl groups excluding tert-OH is 1. The van der Waals surface area contributed by atoms with Crippen molar-refractivity contribution in [1.29, 1.82) is 0 Å². The Kier molecular flexibility index (Phi) is 3.19. The van der Waals surface area contributed by atoms with Crippen molar-refractivity contribution in [3.05, 3.63) is 18.0 Å². The molecule has 2 rings (SSSR count). The highest BCUT2D eigenvalue weighted by Gasteiger charge is 2.33. The van der Waals surface area contributed by atoms with Crippen LogP contribution < -0.4 is 4.90 Å². The summed E-state index contributed by atoms with van der Waals surface area (Å²) in [6.07, 6.45) is -2.67. The van der Waals surface area contributed by atoms with Gasteiger partial charge in [0.25, 0.3) is 0 Å². The van der Waals surface area contributed by atoms with Crippen LogP contribution >= 0.6 is 0 Å². The van der Waals surface area contributed by atoms with Crippen molar-refractivity contribution >= 4 is 5.95 Å². The largest absolute Gasteiger partial charge is 0.433 e. The maximum Gasteiger partial charge on any atom is 0.433 e. The topological polar surface area (TPSA) is 49.2 Å². The van der Waals surface area contributed by atoms with Gasteiger partial charge in [-0.1, -0.05) is 0 Å². The number of alkyl halides is 3. The zero-order valence-corrected chi connectivity index (χ0v) is 8.98. The third-order valence-electron chi connectivity index (χ3n) is 2.68. The Hall–Kier alpha value is -1.37. The fraction of sp³-hybridized carbons (Fsp3) is 0.600. The lowest BCUT2D eigenvalue weighted by Crippen LogP contribution is -2.37. The first-order valence-corrected chi connectivity index (χ1v) is 5.30. The van der Waals surface area contributed by atoms with Crippen molar-refractivity contribution in [3.8, 4) is 0 Å². The molecule has 1 saturated heterocycles. The molecule has 1 N–H and O–H groups in total. The summed E-state index contributed by atoms with van der Waals surface area (Å²) in [5.74, 6) is 0.0757. The van der Waals surface area contributed by atoms with E-state index >= 15 is 0 Å². The molecule has 2 heterocycles. The van der Waals surface area contributed by atoms with Gasteiger partial charge in [-0.3, -0.25) is 0 Å². The third-order valence-corrected chi connectivity index (χ3v) is 2.68. The first-order chi connectivity index (χ1) is 7.97. The molecular weight excluding hydrogens is 235 g/mol. The molecule has 0 aromatic carbocycles. The van der Waals surface area contributed by atoms with Crippen LogP contribution in [0.15, 0.2) is 12.3 Å². The Morgan fingerprint density at radius 1 is 1.29 bits per heavy atom. The summed E-state index contributed by atoms with van der Waals surface area (Å²) < 4.78 is 37.3. The summed E-state index contributed by atoms with van der Waals surface area (Å²) in [5, 5.41) is 9.31. The molecule has 7 heteroatoms. The Bertz CT molecular complexity index is 389. The van der Waals surface area contributed by atoms with Crippen LogP contribution in [0.25, 0.3) is 0 Å². The fourth-order valence-electron chi connectivity index (χ4n) is 1.72. The fourth-order valence-corrected chi connectivity index (χ4v) is 1.72. The maximum atomic E-state index is 12.4. The van der Waals surface area contributed by atoms with E-state index in [1.165, 1.54) is 0 Å². The Morgan fingerprint density at radius 2 is 1.94 bits per heavy atom. The molecule has 4 nitrogen and oxygen atoms in total. The van der Waals surface area contributed by atoms with Crippen LogP contribution in [0.2, 0.25) is 0 Å². The smallest absolute Gasteiger partial charge is 0.393 e. The normalized spacial score (nSPS) is 18.5. The van der Waals surface area contributed by atoms with Crippen molar-refractivity contribution in [3.63, 3.8) is 0 Å². The van der Waals surface area contributed by atoms with Crippen molar-refractivity contribution in [2.45, 2.75) is 25.1 Å². The number of anilines is 1. The van der Waals surface area contributed by atoms with Gasteiger partial charge in [-0.25, -0.2) is 9.97 Å². The number of halogens is 3. The first kappa shape index (κ1) is 12.1. The van der Waals surface area contributed by atoms with Gasteiger partial charge in [0.1, 0.15) is 5.69 Å². The van der Waals surface area contributed by atoms with Crippen LogP contribution in [0.4, 0.5) is 19.1 Å². The van der Waals surface area contributed by atoms with Crippen LogP contribution in [-0.2, 0) is 6.18 Å². The second-order valence-corrected chi connectivity index (χ2v) is 3.96. The van der Waals surface area contributed by atoms with E-state index in [0.29, 0.717) is 25.9 Å². The standard InChI is InChI=1S/C10H12F3N3O/c11-10(12,13)8-1-4-14-9(15-8)16-5-2-7(17)3-6-16/h1,4,7,17H,2-3,5-6H2. The molecule has 0 bridgehead atoms. The van der Waals surface area contributed by atoms with Gasteiger partial charge in [0, 0.05) is 19.3 Å². The molecule has 0 aliphatic carbocycles. The molecular formula is C10H12F3N3O. The van der Waals surface area contributed by atoms with E-state index in [4.69, 9.17) is 0 Å². The highest BCUT2D eigenvalue weighted by atomic mass is 19.4. The van der Waals surface area contributed by atoms with E-state index < -0.39 is 11.9 Å². The number of rotatable bonds is 1. The number of nitrogens with zero attached hydrogens (tertiary/aromatic N) is 3. The van der Waals surface area contributed by atoms with Gasteiger partial charge in [-0.05, 0) is 18.9 Å². The number of hydrogen-bond acceptors (Lipinski definition) is 4. The van der Waals surface area contributed by atoms with Crippen molar-refractivity contribution in [2.75, 3.05) is 18.0 Å². The lowest BCUT2D eigenvalue weighted by Gasteiger charge is -2.29. The molecule has 94 valence electrons. The van der Waals surface area contributed by atoms with E-state index in [9.17, 15) is 18.3 Å². The predicted molar refractivity (Wildman–Crippen MR) is 54.5 cm³/mol. The highest BCUT2D eigenvalue weighted by molar-refractivity contribution is 5.31. The van der Waals surface area contributed by atoms with Crippen molar-refractivity contribution in [1.82, 2.24) is 9.97 Å². The van der Waals surface area contributed by atoms with Crippen molar-refractivity contribution < 1.29 is 18.3 Å². The van der Waals surface area contributed by atoms with Gasteiger partial charge >= 0.3 is 6.18 Å². The quantitative estimate of drug-likeness (QED) is 0.816. The molecule has 0 radical (unpaired) electrons. The summed E-state index contributed by atoms with van der Waals surface area (Å²) in [6, 6.07) is 0.849. The molecule has 17 heavy (non-hydrogen) atoms. The van der Waals surface area contributed by atoms with Gasteiger partial charge in [-0.2, -0.15) is 13.2 Å². The molecule has 1 aliphatic rings. The van der Waals surface area contributed by atoms with Gasteiger partial charge in [0.2, 0.25) is 5.95 Å². The number of hydrogen-bond donors (Lipinski definition) is 1. The van der Waals surface area contributed by atoms with E-state index in [1.807, 2.05) is 0 Å². The van der Waals surface area contributed by atoms with Gasteiger partial charge < -0.3 is 10.0 Å². The molecule has 0 amide bonds. The summed E-state index contributed by atoms with van der Waals surface area (Å²) in [6.45, 7) is 0.949. The number of aliphatic hydroxyl groups is 1. The first-order valence-electron chi connectivity index (χ1n) is 5.30. The van der Waals surface area contributed by atoms with E-state index in [0.717, 1.165) is 12.3 Å². The zero-order valence-electron chi connectivity index (χ0n) is 8.98. The molecule has 1 aliphatic heterocycles. The minimum Gasteiger partial charge on any atom is -0.393 e. The minimum absolute atomic E-state index is 0.0757. The second-order valence-electron chi connectivity index (χ2n) is 3.96. The summed E-state index contributed by atoms with van der Waals surface area (Å²) >= 11 is 0.